The van der Waals surface area contributed by atoms with Crippen molar-refractivity contribution in [2.75, 3.05) is 13.1 Å². The van der Waals surface area contributed by atoms with Crippen LogP contribution in [-0.4, -0.2) is 36.8 Å². The van der Waals surface area contributed by atoms with Crippen LogP contribution in [-0.2, 0) is 7.05 Å². The summed E-state index contributed by atoms with van der Waals surface area (Å²) >= 11 is 0. The molecule has 8 nitrogen and oxygen atoms in total. The monoisotopic (exact) mass is 409 g/mol. The molecule has 5 heterocycles. The number of halogens is 1. The van der Waals surface area contributed by atoms with E-state index in [1.165, 1.54) is 0 Å². The van der Waals surface area contributed by atoms with E-state index in [1.54, 1.807) is 40.7 Å². The minimum absolute atomic E-state index is 0. The molecular formula is C20H20ClN7O. The molecule has 5 rings (SSSR count). The normalized spacial score (nSPS) is 16.6. The highest BCUT2D eigenvalue weighted by Crippen LogP contribution is 2.27. The molecule has 0 radical (unpaired) electrons. The van der Waals surface area contributed by atoms with Crippen molar-refractivity contribution < 1.29 is 0 Å². The fraction of sp³-hybridized carbons (Fsp3) is 0.300. The quantitative estimate of drug-likeness (QED) is 0.548. The summed E-state index contributed by atoms with van der Waals surface area (Å²) in [6, 6.07) is 9.63. The Hall–Kier alpha value is -3.15. The second kappa shape index (κ2) is 7.35. The van der Waals surface area contributed by atoms with E-state index >= 15 is 0 Å². The summed E-state index contributed by atoms with van der Waals surface area (Å²) < 4.78 is 5.20. The van der Waals surface area contributed by atoms with Crippen LogP contribution in [0, 0.1) is 11.3 Å². The third-order valence-corrected chi connectivity index (χ3v) is 5.50. The van der Waals surface area contributed by atoms with Gasteiger partial charge < -0.3 is 5.32 Å². The van der Waals surface area contributed by atoms with E-state index in [1.807, 2.05) is 16.7 Å². The number of hydrogen-bond acceptors (Lipinski definition) is 5. The summed E-state index contributed by atoms with van der Waals surface area (Å²) in [5, 5.41) is 17.0. The van der Waals surface area contributed by atoms with Crippen LogP contribution in [0.25, 0.3) is 27.9 Å². The number of nitrogens with one attached hydrogen (secondary N) is 1. The average molecular weight is 410 g/mol. The van der Waals surface area contributed by atoms with Gasteiger partial charge >= 0.3 is 5.69 Å². The molecule has 0 bridgehead atoms. The van der Waals surface area contributed by atoms with Gasteiger partial charge in [0.15, 0.2) is 5.65 Å². The molecule has 1 aliphatic heterocycles. The summed E-state index contributed by atoms with van der Waals surface area (Å²) in [6.45, 7) is 1.76. The van der Waals surface area contributed by atoms with Gasteiger partial charge in [-0.3, -0.25) is 9.13 Å². The number of aryl methyl sites for hydroxylation is 1. The minimum atomic E-state index is -0.0417. The average Bonchev–Trinajstić information content (AvgIpc) is 3.27. The van der Waals surface area contributed by atoms with Gasteiger partial charge in [-0.25, -0.2) is 14.3 Å². The summed E-state index contributed by atoms with van der Waals surface area (Å²) in [4.78, 5) is 17.7. The summed E-state index contributed by atoms with van der Waals surface area (Å²) in [6.07, 6.45) is 5.51. The van der Waals surface area contributed by atoms with Crippen LogP contribution < -0.4 is 11.0 Å². The Morgan fingerprint density at radius 3 is 2.90 bits per heavy atom. The van der Waals surface area contributed by atoms with Crippen LogP contribution >= 0.6 is 12.4 Å². The lowest BCUT2D eigenvalue weighted by Crippen LogP contribution is -2.36. The van der Waals surface area contributed by atoms with Crippen LogP contribution in [0.3, 0.4) is 0 Å². The molecule has 1 fully saturated rings. The molecule has 148 valence electrons. The lowest BCUT2D eigenvalue weighted by Gasteiger charge is -2.23. The van der Waals surface area contributed by atoms with Gasteiger partial charge in [-0.1, -0.05) is 0 Å². The number of aromatic nitrogens is 5. The van der Waals surface area contributed by atoms with Crippen LogP contribution in [0.5, 0.6) is 0 Å². The molecule has 9 heteroatoms. The predicted molar refractivity (Wildman–Crippen MR) is 112 cm³/mol. The van der Waals surface area contributed by atoms with Crippen molar-refractivity contribution in [3.05, 3.63) is 52.7 Å². The van der Waals surface area contributed by atoms with Crippen molar-refractivity contribution in [3.63, 3.8) is 0 Å². The Balaban J connectivity index is 0.00000205. The van der Waals surface area contributed by atoms with Crippen molar-refractivity contribution in [1.29, 1.82) is 5.26 Å². The topological polar surface area (TPSA) is 92.9 Å². The summed E-state index contributed by atoms with van der Waals surface area (Å²) in [5.41, 5.74) is 4.42. The van der Waals surface area contributed by atoms with Crippen molar-refractivity contribution in [2.24, 2.45) is 7.05 Å². The van der Waals surface area contributed by atoms with Gasteiger partial charge in [-0.15, -0.1) is 12.4 Å². The maximum absolute atomic E-state index is 12.9. The first kappa shape index (κ1) is 19.2. The van der Waals surface area contributed by atoms with E-state index in [0.29, 0.717) is 11.2 Å². The van der Waals surface area contributed by atoms with Crippen LogP contribution in [0.15, 0.2) is 41.5 Å². The lowest BCUT2D eigenvalue weighted by molar-refractivity contribution is 0.368. The van der Waals surface area contributed by atoms with Crippen molar-refractivity contribution >= 4 is 29.1 Å². The molecule has 0 spiro atoms. The Morgan fingerprint density at radius 2 is 2.14 bits per heavy atom. The van der Waals surface area contributed by atoms with Crippen LogP contribution in [0.1, 0.15) is 24.4 Å². The van der Waals surface area contributed by atoms with E-state index in [9.17, 15) is 10.1 Å². The zero-order chi connectivity index (χ0) is 19.3. The van der Waals surface area contributed by atoms with Gasteiger partial charge in [0, 0.05) is 25.4 Å². The van der Waals surface area contributed by atoms with Gasteiger partial charge in [0.2, 0.25) is 0 Å². The maximum atomic E-state index is 12.9. The predicted octanol–water partition coefficient (Wildman–Crippen LogP) is 2.27. The van der Waals surface area contributed by atoms with Crippen molar-refractivity contribution in [1.82, 2.24) is 29.0 Å². The van der Waals surface area contributed by atoms with E-state index in [4.69, 9.17) is 4.98 Å². The zero-order valence-corrected chi connectivity index (χ0v) is 16.7. The van der Waals surface area contributed by atoms with Crippen LogP contribution in [0.2, 0.25) is 0 Å². The van der Waals surface area contributed by atoms with Gasteiger partial charge in [0.25, 0.3) is 0 Å². The van der Waals surface area contributed by atoms with Crippen LogP contribution in [0.4, 0.5) is 0 Å². The number of piperidine rings is 1. The summed E-state index contributed by atoms with van der Waals surface area (Å²) in [5.74, 6) is 0. The van der Waals surface area contributed by atoms with E-state index < -0.39 is 0 Å². The molecule has 0 aromatic carbocycles. The molecule has 1 atom stereocenters. The highest BCUT2D eigenvalue weighted by molar-refractivity contribution is 5.85. The molecule has 0 amide bonds. The minimum Gasteiger partial charge on any atom is -0.315 e. The molecule has 1 saturated heterocycles. The lowest BCUT2D eigenvalue weighted by atomic mass is 10.1. The Morgan fingerprint density at radius 1 is 1.28 bits per heavy atom. The molecule has 1 aliphatic rings. The molecule has 1 N–H and O–H groups in total. The highest BCUT2D eigenvalue weighted by Gasteiger charge is 2.23. The largest absolute Gasteiger partial charge is 0.330 e. The number of rotatable bonds is 2. The fourth-order valence-corrected chi connectivity index (χ4v) is 4.02. The molecule has 0 aliphatic carbocycles. The molecule has 1 unspecified atom stereocenters. The first-order valence-electron chi connectivity index (χ1n) is 9.34. The standard InChI is InChI=1S/C20H19N7O.ClH/c1-25-17-5-4-16(15-12-23-26-8-6-13(10-21)9-18(15)26)24-19(17)27(20(25)28)14-3-2-7-22-11-14;/h4-6,8-9,12,14,22H,2-3,7,11H2,1H3;1H. The number of pyridine rings is 2. The second-order valence-corrected chi connectivity index (χ2v) is 7.17. The van der Waals surface area contributed by atoms with Gasteiger partial charge in [0.1, 0.15) is 0 Å². The molecule has 4 aromatic heterocycles. The first-order valence-corrected chi connectivity index (χ1v) is 9.34. The fourth-order valence-electron chi connectivity index (χ4n) is 4.02. The second-order valence-electron chi connectivity index (χ2n) is 7.17. The smallest absolute Gasteiger partial charge is 0.315 e. The highest BCUT2D eigenvalue weighted by atomic mass is 35.5. The Kier molecular flexibility index (Phi) is 4.86. The number of hydrogen-bond donors (Lipinski definition) is 1. The van der Waals surface area contributed by atoms with Gasteiger partial charge in [-0.2, -0.15) is 10.4 Å². The van der Waals surface area contributed by atoms with E-state index in [0.717, 1.165) is 48.2 Å². The van der Waals surface area contributed by atoms with Crippen molar-refractivity contribution in [3.8, 4) is 17.3 Å². The summed E-state index contributed by atoms with van der Waals surface area (Å²) in [7, 11) is 1.79. The van der Waals surface area contributed by atoms with Crippen molar-refractivity contribution in [2.45, 2.75) is 18.9 Å². The van der Waals surface area contributed by atoms with E-state index in [-0.39, 0.29) is 24.1 Å². The Bertz CT molecular complexity index is 1300. The molecule has 29 heavy (non-hydrogen) atoms. The SMILES string of the molecule is Cl.Cn1c(=O)n(C2CCCNC2)c2nc(-c3cnn4ccc(C#N)cc34)ccc21. The Labute approximate surface area is 172 Å². The van der Waals surface area contributed by atoms with Gasteiger partial charge in [0.05, 0.1) is 40.6 Å². The molecule has 0 saturated carbocycles. The van der Waals surface area contributed by atoms with E-state index in [2.05, 4.69) is 16.5 Å². The molecular weight excluding hydrogens is 390 g/mol. The maximum Gasteiger partial charge on any atom is 0.330 e. The number of nitriles is 1. The zero-order valence-electron chi connectivity index (χ0n) is 15.9. The number of fused-ring (bicyclic) bond motifs is 2. The third kappa shape index (κ3) is 2.99. The third-order valence-electron chi connectivity index (χ3n) is 5.50. The number of imidazole rings is 1. The van der Waals surface area contributed by atoms with Gasteiger partial charge in [-0.05, 0) is 43.7 Å². The first-order chi connectivity index (χ1) is 13.7. The number of nitrogens with zero attached hydrogens (tertiary/aromatic N) is 6. The molecule has 4 aromatic rings.